The zero-order valence-electron chi connectivity index (χ0n) is 13.0. The summed E-state index contributed by atoms with van der Waals surface area (Å²) in [7, 11) is 0. The lowest BCUT2D eigenvalue weighted by molar-refractivity contribution is -0.138. The Morgan fingerprint density at radius 2 is 1.96 bits per heavy atom. The summed E-state index contributed by atoms with van der Waals surface area (Å²) in [6.07, 6.45) is -4.21. The molecule has 25 heavy (non-hydrogen) atoms. The van der Waals surface area contributed by atoms with Gasteiger partial charge in [0.25, 0.3) is 5.91 Å². The number of nitrogens with zero attached hydrogens (tertiary/aromatic N) is 1. The molecule has 1 aliphatic rings. The molecule has 0 radical (unpaired) electrons. The third-order valence-corrected chi connectivity index (χ3v) is 4.19. The molecule has 1 aliphatic heterocycles. The molecule has 8 heteroatoms. The number of rotatable bonds is 2. The normalized spacial score (nSPS) is 20.7. The molecular formula is C17H15F3N2O3. The molecule has 132 valence electrons. The number of aromatic amines is 1. The Labute approximate surface area is 140 Å². The van der Waals surface area contributed by atoms with Crippen molar-refractivity contribution in [3.05, 3.63) is 69.6 Å². The molecule has 2 heterocycles. The Morgan fingerprint density at radius 3 is 2.64 bits per heavy atom. The van der Waals surface area contributed by atoms with Gasteiger partial charge in [-0.3, -0.25) is 9.59 Å². The number of halogens is 3. The molecule has 3 rings (SSSR count). The summed E-state index contributed by atoms with van der Waals surface area (Å²) >= 11 is 0. The number of aromatic nitrogens is 1. The van der Waals surface area contributed by atoms with E-state index in [0.717, 1.165) is 12.1 Å². The van der Waals surface area contributed by atoms with E-state index in [1.807, 2.05) is 0 Å². The number of alkyl halides is 3. The Balaban J connectivity index is 2.01. The van der Waals surface area contributed by atoms with Gasteiger partial charge >= 0.3 is 6.18 Å². The minimum absolute atomic E-state index is 0.00201. The van der Waals surface area contributed by atoms with Gasteiger partial charge in [-0.15, -0.1) is 0 Å². The van der Waals surface area contributed by atoms with Crippen LogP contribution in [0.5, 0.6) is 0 Å². The summed E-state index contributed by atoms with van der Waals surface area (Å²) in [4.78, 5) is 27.6. The number of aliphatic hydroxyl groups excluding tert-OH is 1. The first-order valence-corrected chi connectivity index (χ1v) is 7.61. The van der Waals surface area contributed by atoms with Crippen LogP contribution >= 0.6 is 0 Å². The topological polar surface area (TPSA) is 73.4 Å². The molecule has 2 N–H and O–H groups in total. The SMILES string of the molecule is O=C(c1cc[nH]c(=O)c1)N1C[C@H](O)C[C@H]1c1ccccc1C(F)(F)F. The maximum Gasteiger partial charge on any atom is 0.416 e. The van der Waals surface area contributed by atoms with Crippen LogP contribution in [0.3, 0.4) is 0 Å². The highest BCUT2D eigenvalue weighted by atomic mass is 19.4. The molecule has 2 aromatic rings. The number of benzene rings is 1. The van der Waals surface area contributed by atoms with Gasteiger partial charge in [0.05, 0.1) is 17.7 Å². The Bertz CT molecular complexity index is 847. The van der Waals surface area contributed by atoms with Crippen molar-refractivity contribution >= 4 is 5.91 Å². The molecule has 0 unspecified atom stereocenters. The second-order valence-electron chi connectivity index (χ2n) is 5.89. The van der Waals surface area contributed by atoms with E-state index in [1.54, 1.807) is 0 Å². The van der Waals surface area contributed by atoms with Gasteiger partial charge in [0.1, 0.15) is 0 Å². The van der Waals surface area contributed by atoms with Crippen LogP contribution in [-0.4, -0.2) is 33.5 Å². The van der Waals surface area contributed by atoms with E-state index in [1.165, 1.54) is 35.4 Å². The van der Waals surface area contributed by atoms with Crippen molar-refractivity contribution in [2.75, 3.05) is 6.54 Å². The largest absolute Gasteiger partial charge is 0.416 e. The number of aliphatic hydroxyl groups is 1. The van der Waals surface area contributed by atoms with Crippen LogP contribution in [0.15, 0.2) is 47.4 Å². The Morgan fingerprint density at radius 1 is 1.24 bits per heavy atom. The highest BCUT2D eigenvalue weighted by molar-refractivity contribution is 5.94. The molecule has 1 saturated heterocycles. The number of amides is 1. The standard InChI is InChI=1S/C17H15F3N2O3/c18-17(19,20)13-4-2-1-3-12(13)14-8-11(23)9-22(14)16(25)10-5-6-21-15(24)7-10/h1-7,11,14,23H,8-9H2,(H,21,24)/t11-,14+/m1/s1. The number of nitrogens with one attached hydrogen (secondary N) is 1. The fraction of sp³-hybridized carbons (Fsp3) is 0.294. The van der Waals surface area contributed by atoms with Gasteiger partial charge in [0.2, 0.25) is 5.56 Å². The van der Waals surface area contributed by atoms with Crippen molar-refractivity contribution in [1.82, 2.24) is 9.88 Å². The summed E-state index contributed by atoms with van der Waals surface area (Å²) in [5.74, 6) is -0.593. The first-order valence-electron chi connectivity index (χ1n) is 7.61. The highest BCUT2D eigenvalue weighted by Gasteiger charge is 2.41. The van der Waals surface area contributed by atoms with Crippen LogP contribution in [0.1, 0.15) is 33.9 Å². The van der Waals surface area contributed by atoms with Gasteiger partial charge in [-0.05, 0) is 24.1 Å². The first-order chi connectivity index (χ1) is 11.8. The van der Waals surface area contributed by atoms with Gasteiger partial charge in [-0.1, -0.05) is 18.2 Å². The van der Waals surface area contributed by atoms with Crippen LogP contribution in [0.2, 0.25) is 0 Å². The van der Waals surface area contributed by atoms with Crippen LogP contribution < -0.4 is 5.56 Å². The Hall–Kier alpha value is -2.61. The lowest BCUT2D eigenvalue weighted by Gasteiger charge is -2.27. The van der Waals surface area contributed by atoms with Crippen molar-refractivity contribution in [1.29, 1.82) is 0 Å². The van der Waals surface area contributed by atoms with Crippen LogP contribution in [0.25, 0.3) is 0 Å². The lowest BCUT2D eigenvalue weighted by atomic mass is 9.97. The second kappa shape index (κ2) is 6.36. The molecule has 0 bridgehead atoms. The van der Waals surface area contributed by atoms with Crippen molar-refractivity contribution in [2.45, 2.75) is 24.7 Å². The lowest BCUT2D eigenvalue weighted by Crippen LogP contribution is -2.33. The summed E-state index contributed by atoms with van der Waals surface area (Å²) in [5, 5.41) is 9.93. The zero-order valence-corrected chi connectivity index (χ0v) is 13.0. The molecule has 0 aliphatic carbocycles. The first kappa shape index (κ1) is 17.2. The van der Waals surface area contributed by atoms with E-state index < -0.39 is 35.4 Å². The molecule has 0 spiro atoms. The minimum Gasteiger partial charge on any atom is -0.391 e. The molecule has 1 amide bonds. The van der Waals surface area contributed by atoms with Gasteiger partial charge < -0.3 is 15.0 Å². The number of carbonyl (C=O) groups excluding carboxylic acids is 1. The van der Waals surface area contributed by atoms with Crippen molar-refractivity contribution in [2.24, 2.45) is 0 Å². The maximum atomic E-state index is 13.3. The molecule has 0 saturated carbocycles. The number of H-pyrrole nitrogens is 1. The average molecular weight is 352 g/mol. The number of carbonyl (C=O) groups is 1. The van der Waals surface area contributed by atoms with Gasteiger partial charge in [0.15, 0.2) is 0 Å². The molecule has 1 aromatic heterocycles. The van der Waals surface area contributed by atoms with Gasteiger partial charge in [-0.2, -0.15) is 13.2 Å². The molecular weight excluding hydrogens is 337 g/mol. The third-order valence-electron chi connectivity index (χ3n) is 4.19. The zero-order chi connectivity index (χ0) is 18.2. The van der Waals surface area contributed by atoms with E-state index in [9.17, 15) is 27.9 Å². The molecule has 2 atom stereocenters. The maximum absolute atomic E-state index is 13.3. The summed E-state index contributed by atoms with van der Waals surface area (Å²) in [5.41, 5.74) is -1.33. The highest BCUT2D eigenvalue weighted by Crippen LogP contribution is 2.40. The van der Waals surface area contributed by atoms with E-state index >= 15 is 0 Å². The second-order valence-corrected chi connectivity index (χ2v) is 5.89. The third kappa shape index (κ3) is 3.43. The molecule has 5 nitrogen and oxygen atoms in total. The van der Waals surface area contributed by atoms with E-state index in [-0.39, 0.29) is 24.1 Å². The summed E-state index contributed by atoms with van der Waals surface area (Å²) in [6.45, 7) is -0.0948. The summed E-state index contributed by atoms with van der Waals surface area (Å²) < 4.78 is 39.9. The average Bonchev–Trinajstić information content (AvgIpc) is 2.95. The van der Waals surface area contributed by atoms with Crippen molar-refractivity contribution < 1.29 is 23.1 Å². The van der Waals surface area contributed by atoms with E-state index in [0.29, 0.717) is 0 Å². The number of hydrogen-bond donors (Lipinski definition) is 2. The fourth-order valence-corrected chi connectivity index (χ4v) is 3.12. The quantitative estimate of drug-likeness (QED) is 0.871. The predicted octanol–water partition coefficient (Wildman–Crippen LogP) is 2.34. The number of hydrogen-bond acceptors (Lipinski definition) is 3. The van der Waals surface area contributed by atoms with Gasteiger partial charge in [0, 0.05) is 24.4 Å². The van der Waals surface area contributed by atoms with Crippen molar-refractivity contribution in [3.63, 3.8) is 0 Å². The van der Waals surface area contributed by atoms with Crippen LogP contribution in [-0.2, 0) is 6.18 Å². The molecule has 1 fully saturated rings. The van der Waals surface area contributed by atoms with Crippen molar-refractivity contribution in [3.8, 4) is 0 Å². The summed E-state index contributed by atoms with van der Waals surface area (Å²) in [6, 6.07) is 6.55. The smallest absolute Gasteiger partial charge is 0.391 e. The van der Waals surface area contributed by atoms with E-state index in [4.69, 9.17) is 0 Å². The monoisotopic (exact) mass is 352 g/mol. The van der Waals surface area contributed by atoms with Crippen LogP contribution in [0.4, 0.5) is 13.2 Å². The predicted molar refractivity (Wildman–Crippen MR) is 82.9 cm³/mol. The molecule has 1 aromatic carbocycles. The van der Waals surface area contributed by atoms with Gasteiger partial charge in [-0.25, -0.2) is 0 Å². The number of likely N-dealkylation sites (tertiary alicyclic amines) is 1. The van der Waals surface area contributed by atoms with E-state index in [2.05, 4.69) is 4.98 Å². The Kier molecular flexibility index (Phi) is 4.38. The number of pyridine rings is 1. The fourth-order valence-electron chi connectivity index (χ4n) is 3.12. The van der Waals surface area contributed by atoms with Crippen LogP contribution in [0, 0.1) is 0 Å². The minimum atomic E-state index is -4.57. The number of β-amino-alcohol motifs (C(OH)–C–C–N with tert-alkyl or cyclic N) is 1.